The fourth-order valence-electron chi connectivity index (χ4n) is 3.49. The van der Waals surface area contributed by atoms with Crippen LogP contribution in [-0.2, 0) is 17.9 Å². The molecule has 0 spiro atoms. The van der Waals surface area contributed by atoms with E-state index in [0.717, 1.165) is 54.9 Å². The Labute approximate surface area is 160 Å². The number of benzene rings is 2. The van der Waals surface area contributed by atoms with Gasteiger partial charge in [-0.05, 0) is 48.9 Å². The van der Waals surface area contributed by atoms with E-state index in [0.29, 0.717) is 12.6 Å². The van der Waals surface area contributed by atoms with Gasteiger partial charge in [0.2, 0.25) is 0 Å². The molecule has 0 aromatic heterocycles. The summed E-state index contributed by atoms with van der Waals surface area (Å²) in [5, 5.41) is 12.6. The molecule has 2 N–H and O–H groups in total. The number of carbonyl (C=O) groups is 1. The minimum absolute atomic E-state index is 0.179. The molecule has 2 aromatic rings. The highest BCUT2D eigenvalue weighted by atomic mass is 16.5. The molecule has 1 fully saturated rings. The Morgan fingerprint density at radius 1 is 1.04 bits per heavy atom. The van der Waals surface area contributed by atoms with Gasteiger partial charge in [0, 0.05) is 12.6 Å². The average molecular weight is 369 g/mol. The Bertz CT molecular complexity index is 739. The van der Waals surface area contributed by atoms with Gasteiger partial charge < -0.3 is 19.9 Å². The standard InChI is InChI=1S/C22H27NO4/c1-26-20-12-7-17(13-21(20)27-15-16-5-3-2-4-6-16)14-23-19-10-8-18(9-11-19)22(24)25/h2-7,12-13,18-19,23H,8-11,14-15H2,1H3,(H,24,25). The van der Waals surface area contributed by atoms with Gasteiger partial charge in [0.25, 0.3) is 0 Å². The maximum absolute atomic E-state index is 11.1. The van der Waals surface area contributed by atoms with E-state index in [9.17, 15) is 4.79 Å². The van der Waals surface area contributed by atoms with Crippen LogP contribution in [0.3, 0.4) is 0 Å². The molecule has 3 rings (SSSR count). The lowest BCUT2D eigenvalue weighted by molar-refractivity contribution is -0.142. The van der Waals surface area contributed by atoms with Crippen LogP contribution in [0.25, 0.3) is 0 Å². The molecule has 0 unspecified atom stereocenters. The predicted octanol–water partition coefficient (Wildman–Crippen LogP) is 4.01. The summed E-state index contributed by atoms with van der Waals surface area (Å²) in [4.78, 5) is 11.1. The summed E-state index contributed by atoms with van der Waals surface area (Å²) >= 11 is 0. The van der Waals surface area contributed by atoms with Gasteiger partial charge in [0.05, 0.1) is 13.0 Å². The first-order valence-corrected chi connectivity index (χ1v) is 9.45. The third-order valence-corrected chi connectivity index (χ3v) is 5.14. The van der Waals surface area contributed by atoms with Crippen molar-refractivity contribution < 1.29 is 19.4 Å². The van der Waals surface area contributed by atoms with Crippen LogP contribution in [0.5, 0.6) is 11.5 Å². The maximum Gasteiger partial charge on any atom is 0.306 e. The van der Waals surface area contributed by atoms with Crippen molar-refractivity contribution in [3.63, 3.8) is 0 Å². The molecule has 5 heteroatoms. The van der Waals surface area contributed by atoms with Gasteiger partial charge in [0.15, 0.2) is 11.5 Å². The van der Waals surface area contributed by atoms with Crippen LogP contribution in [0.4, 0.5) is 0 Å². The fourth-order valence-corrected chi connectivity index (χ4v) is 3.49. The van der Waals surface area contributed by atoms with Crippen molar-refractivity contribution in [2.75, 3.05) is 7.11 Å². The largest absolute Gasteiger partial charge is 0.493 e. The summed E-state index contributed by atoms with van der Waals surface area (Å²) < 4.78 is 11.4. The smallest absolute Gasteiger partial charge is 0.306 e. The molecule has 0 saturated heterocycles. The van der Waals surface area contributed by atoms with E-state index in [4.69, 9.17) is 14.6 Å². The molecule has 1 aliphatic rings. The molecule has 0 heterocycles. The first kappa shape index (κ1) is 19.2. The van der Waals surface area contributed by atoms with Crippen molar-refractivity contribution in [2.24, 2.45) is 5.92 Å². The van der Waals surface area contributed by atoms with Crippen molar-refractivity contribution in [3.8, 4) is 11.5 Å². The van der Waals surface area contributed by atoms with Gasteiger partial charge in [0.1, 0.15) is 6.61 Å². The van der Waals surface area contributed by atoms with Gasteiger partial charge in [-0.2, -0.15) is 0 Å². The molecule has 144 valence electrons. The predicted molar refractivity (Wildman–Crippen MR) is 104 cm³/mol. The summed E-state index contributed by atoms with van der Waals surface area (Å²) in [5.41, 5.74) is 2.23. The second kappa shape index (κ2) is 9.42. The Kier molecular flexibility index (Phi) is 6.71. The number of carboxylic acid groups (broad SMARTS) is 1. The number of aliphatic carboxylic acids is 1. The molecular formula is C22H27NO4. The third kappa shape index (κ3) is 5.47. The lowest BCUT2D eigenvalue weighted by atomic mass is 9.86. The Hall–Kier alpha value is -2.53. The number of hydrogen-bond acceptors (Lipinski definition) is 4. The molecule has 1 saturated carbocycles. The molecule has 0 atom stereocenters. The van der Waals surface area contributed by atoms with Crippen LogP contribution in [0.1, 0.15) is 36.8 Å². The lowest BCUT2D eigenvalue weighted by Crippen LogP contribution is -2.34. The number of methoxy groups -OCH3 is 1. The highest BCUT2D eigenvalue weighted by Crippen LogP contribution is 2.29. The number of nitrogens with one attached hydrogen (secondary N) is 1. The molecule has 2 aromatic carbocycles. The molecule has 0 bridgehead atoms. The normalized spacial score (nSPS) is 19.4. The van der Waals surface area contributed by atoms with Crippen molar-refractivity contribution in [3.05, 3.63) is 59.7 Å². The topological polar surface area (TPSA) is 67.8 Å². The van der Waals surface area contributed by atoms with Gasteiger partial charge in [-0.25, -0.2) is 0 Å². The first-order chi connectivity index (χ1) is 13.2. The quantitative estimate of drug-likeness (QED) is 0.736. The zero-order valence-corrected chi connectivity index (χ0v) is 15.7. The molecule has 0 radical (unpaired) electrons. The van der Waals surface area contributed by atoms with Crippen molar-refractivity contribution in [1.29, 1.82) is 0 Å². The summed E-state index contributed by atoms with van der Waals surface area (Å²) in [6.45, 7) is 1.22. The summed E-state index contributed by atoms with van der Waals surface area (Å²) in [6, 6.07) is 16.4. The van der Waals surface area contributed by atoms with Crippen LogP contribution in [0.15, 0.2) is 48.5 Å². The van der Waals surface area contributed by atoms with E-state index in [1.54, 1.807) is 7.11 Å². The van der Waals surface area contributed by atoms with E-state index in [1.807, 2.05) is 48.5 Å². The second-order valence-electron chi connectivity index (χ2n) is 7.03. The third-order valence-electron chi connectivity index (χ3n) is 5.14. The summed E-state index contributed by atoms with van der Waals surface area (Å²) in [7, 11) is 1.64. The molecular weight excluding hydrogens is 342 g/mol. The van der Waals surface area contributed by atoms with Crippen molar-refractivity contribution in [2.45, 2.75) is 44.9 Å². The van der Waals surface area contributed by atoms with E-state index in [2.05, 4.69) is 5.32 Å². The fraction of sp³-hybridized carbons (Fsp3) is 0.409. The Balaban J connectivity index is 1.55. The Morgan fingerprint density at radius 3 is 2.44 bits per heavy atom. The van der Waals surface area contributed by atoms with Gasteiger partial charge in [-0.15, -0.1) is 0 Å². The van der Waals surface area contributed by atoms with Crippen LogP contribution in [0.2, 0.25) is 0 Å². The second-order valence-corrected chi connectivity index (χ2v) is 7.03. The number of rotatable bonds is 8. The molecule has 27 heavy (non-hydrogen) atoms. The minimum atomic E-state index is -0.663. The van der Waals surface area contributed by atoms with E-state index in [1.165, 1.54) is 0 Å². The minimum Gasteiger partial charge on any atom is -0.493 e. The van der Waals surface area contributed by atoms with E-state index < -0.39 is 5.97 Å². The monoisotopic (exact) mass is 369 g/mol. The van der Waals surface area contributed by atoms with Gasteiger partial charge in [-0.1, -0.05) is 36.4 Å². The molecule has 1 aliphatic carbocycles. The van der Waals surface area contributed by atoms with Gasteiger partial charge >= 0.3 is 5.97 Å². The molecule has 0 aliphatic heterocycles. The highest BCUT2D eigenvalue weighted by molar-refractivity contribution is 5.70. The van der Waals surface area contributed by atoms with Crippen LogP contribution < -0.4 is 14.8 Å². The van der Waals surface area contributed by atoms with E-state index in [-0.39, 0.29) is 5.92 Å². The van der Waals surface area contributed by atoms with E-state index >= 15 is 0 Å². The van der Waals surface area contributed by atoms with Crippen LogP contribution >= 0.6 is 0 Å². The van der Waals surface area contributed by atoms with Gasteiger partial charge in [-0.3, -0.25) is 4.79 Å². The zero-order valence-electron chi connectivity index (χ0n) is 15.7. The zero-order chi connectivity index (χ0) is 19.1. The number of hydrogen-bond donors (Lipinski definition) is 2. The van der Waals surface area contributed by atoms with Crippen molar-refractivity contribution >= 4 is 5.97 Å². The van der Waals surface area contributed by atoms with Crippen LogP contribution in [0, 0.1) is 5.92 Å². The number of ether oxygens (including phenoxy) is 2. The molecule has 5 nitrogen and oxygen atoms in total. The highest BCUT2D eigenvalue weighted by Gasteiger charge is 2.25. The molecule has 0 amide bonds. The SMILES string of the molecule is COc1ccc(CNC2CCC(C(=O)O)CC2)cc1OCc1ccccc1. The average Bonchev–Trinajstić information content (AvgIpc) is 2.71. The van der Waals surface area contributed by atoms with Crippen molar-refractivity contribution in [1.82, 2.24) is 5.32 Å². The summed E-state index contributed by atoms with van der Waals surface area (Å²) in [6.07, 6.45) is 3.32. The summed E-state index contributed by atoms with van der Waals surface area (Å²) in [5.74, 6) is 0.609. The van der Waals surface area contributed by atoms with Crippen LogP contribution in [-0.4, -0.2) is 24.2 Å². The number of carboxylic acids is 1. The maximum atomic E-state index is 11.1. The lowest BCUT2D eigenvalue weighted by Gasteiger charge is -2.27. The Morgan fingerprint density at radius 2 is 1.78 bits per heavy atom. The first-order valence-electron chi connectivity index (χ1n) is 9.45.